The van der Waals surface area contributed by atoms with Gasteiger partial charge < -0.3 is 9.80 Å². The van der Waals surface area contributed by atoms with Crippen molar-refractivity contribution < 1.29 is 9.59 Å². The van der Waals surface area contributed by atoms with E-state index in [0.717, 1.165) is 39.5 Å². The number of hydrogen-bond acceptors (Lipinski definition) is 4. The molecule has 0 N–H and O–H groups in total. The molecule has 0 aliphatic carbocycles. The van der Waals surface area contributed by atoms with Gasteiger partial charge in [-0.15, -0.1) is 0 Å². The van der Waals surface area contributed by atoms with Crippen LogP contribution in [-0.4, -0.2) is 63.7 Å². The van der Waals surface area contributed by atoms with Gasteiger partial charge in [-0.3, -0.25) is 19.5 Å². The van der Waals surface area contributed by atoms with Crippen molar-refractivity contribution in [2.75, 3.05) is 26.2 Å². The molecule has 1 aromatic heterocycles. The normalized spacial score (nSPS) is 19.1. The first-order chi connectivity index (χ1) is 16.7. The second-order valence-electron chi connectivity index (χ2n) is 9.17. The van der Waals surface area contributed by atoms with Crippen molar-refractivity contribution in [3.8, 4) is 0 Å². The van der Waals surface area contributed by atoms with Crippen molar-refractivity contribution in [1.82, 2.24) is 19.7 Å². The molecule has 2 fully saturated rings. The minimum absolute atomic E-state index is 0.0312. The first-order valence-corrected chi connectivity index (χ1v) is 11.8. The van der Waals surface area contributed by atoms with Crippen molar-refractivity contribution in [2.24, 2.45) is 0 Å². The number of fused-ring (bicyclic) bond motifs is 3. The fourth-order valence-corrected chi connectivity index (χ4v) is 5.23. The lowest BCUT2D eigenvalue weighted by Crippen LogP contribution is -2.66. The minimum Gasteiger partial charge on any atom is -0.327 e. The molecular formula is C28H26N4O2. The van der Waals surface area contributed by atoms with Gasteiger partial charge in [0.05, 0.1) is 11.2 Å². The van der Waals surface area contributed by atoms with E-state index < -0.39 is 6.04 Å². The van der Waals surface area contributed by atoms with E-state index in [-0.39, 0.29) is 18.4 Å². The Morgan fingerprint density at radius 2 is 1.59 bits per heavy atom. The van der Waals surface area contributed by atoms with Gasteiger partial charge in [-0.1, -0.05) is 66.7 Å². The minimum atomic E-state index is -0.439. The van der Waals surface area contributed by atoms with E-state index in [4.69, 9.17) is 4.98 Å². The first kappa shape index (κ1) is 20.8. The Labute approximate surface area is 198 Å². The van der Waals surface area contributed by atoms with Crippen molar-refractivity contribution in [2.45, 2.75) is 19.1 Å². The molecule has 0 spiro atoms. The van der Waals surface area contributed by atoms with Crippen molar-refractivity contribution in [3.63, 3.8) is 0 Å². The zero-order valence-electron chi connectivity index (χ0n) is 18.9. The summed E-state index contributed by atoms with van der Waals surface area (Å²) in [5.41, 5.74) is 3.03. The van der Waals surface area contributed by atoms with Crippen LogP contribution in [0.5, 0.6) is 0 Å². The maximum atomic E-state index is 13.5. The number of para-hydroxylation sites is 1. The summed E-state index contributed by atoms with van der Waals surface area (Å²) in [6.45, 7) is 3.11. The Morgan fingerprint density at radius 1 is 0.794 bits per heavy atom. The summed E-state index contributed by atoms with van der Waals surface area (Å²) in [6, 6.07) is 26.1. The molecule has 2 aliphatic heterocycles. The van der Waals surface area contributed by atoms with Crippen molar-refractivity contribution in [1.29, 1.82) is 0 Å². The molecule has 0 saturated carbocycles. The highest BCUT2D eigenvalue weighted by atomic mass is 16.2. The van der Waals surface area contributed by atoms with Gasteiger partial charge in [-0.05, 0) is 28.5 Å². The average molecular weight is 451 g/mol. The molecule has 3 heterocycles. The summed E-state index contributed by atoms with van der Waals surface area (Å²) in [5, 5.41) is 3.39. The highest BCUT2D eigenvalue weighted by Crippen LogP contribution is 2.24. The third-order valence-corrected chi connectivity index (χ3v) is 6.99. The molecule has 6 heteroatoms. The molecule has 2 saturated heterocycles. The molecule has 2 aliphatic rings. The number of carbonyl (C=O) groups excluding carboxylic acids is 2. The fraction of sp³-hybridized carbons (Fsp3) is 0.250. The van der Waals surface area contributed by atoms with Gasteiger partial charge in [-0.2, -0.15) is 0 Å². The second-order valence-corrected chi connectivity index (χ2v) is 9.17. The summed E-state index contributed by atoms with van der Waals surface area (Å²) in [6.07, 6.45) is 0. The van der Waals surface area contributed by atoms with Gasteiger partial charge in [-0.25, -0.2) is 0 Å². The third kappa shape index (κ3) is 3.80. The Kier molecular flexibility index (Phi) is 5.23. The predicted molar refractivity (Wildman–Crippen MR) is 132 cm³/mol. The van der Waals surface area contributed by atoms with Crippen LogP contribution in [0.2, 0.25) is 0 Å². The van der Waals surface area contributed by atoms with Gasteiger partial charge in [0.2, 0.25) is 11.8 Å². The van der Waals surface area contributed by atoms with Crippen LogP contribution in [0, 0.1) is 0 Å². The van der Waals surface area contributed by atoms with Crippen molar-refractivity contribution >= 4 is 33.5 Å². The van der Waals surface area contributed by atoms with Crippen LogP contribution in [0.15, 0.2) is 78.9 Å². The molecule has 1 atom stereocenters. The maximum absolute atomic E-state index is 13.5. The lowest BCUT2D eigenvalue weighted by molar-refractivity contribution is -0.160. The van der Waals surface area contributed by atoms with E-state index in [1.807, 2.05) is 42.5 Å². The Bertz CT molecular complexity index is 1400. The number of piperazine rings is 2. The number of amides is 2. The first-order valence-electron chi connectivity index (χ1n) is 11.8. The number of pyridine rings is 1. The molecule has 170 valence electrons. The molecular weight excluding hydrogens is 424 g/mol. The summed E-state index contributed by atoms with van der Waals surface area (Å²) < 4.78 is 0. The smallest absolute Gasteiger partial charge is 0.247 e. The summed E-state index contributed by atoms with van der Waals surface area (Å²) in [5.74, 6) is 0.0667. The van der Waals surface area contributed by atoms with Crippen LogP contribution in [0.4, 0.5) is 0 Å². The van der Waals surface area contributed by atoms with Gasteiger partial charge in [0, 0.05) is 38.1 Å². The Morgan fingerprint density at radius 3 is 2.50 bits per heavy atom. The fourth-order valence-electron chi connectivity index (χ4n) is 5.23. The van der Waals surface area contributed by atoms with Gasteiger partial charge in [0.1, 0.15) is 12.6 Å². The van der Waals surface area contributed by atoms with E-state index in [0.29, 0.717) is 26.2 Å². The molecule has 0 bridgehead atoms. The maximum Gasteiger partial charge on any atom is 0.247 e. The lowest BCUT2D eigenvalue weighted by atomic mass is 10.0. The standard InChI is InChI=1S/C28H26N4O2/c33-27-19-31(16-22-9-5-8-20-6-1-3-10-24(20)22)28(34)26-18-30(14-15-32(26)27)17-23-13-12-21-7-2-4-11-25(21)29-23/h1-13,26H,14-19H2. The average Bonchev–Trinajstić information content (AvgIpc) is 2.87. The molecule has 4 aromatic rings. The van der Waals surface area contributed by atoms with E-state index in [1.54, 1.807) is 9.80 Å². The van der Waals surface area contributed by atoms with Gasteiger partial charge in [0.15, 0.2) is 0 Å². The summed E-state index contributed by atoms with van der Waals surface area (Å²) in [7, 11) is 0. The highest BCUT2D eigenvalue weighted by Gasteiger charge is 2.42. The molecule has 2 amide bonds. The Balaban J connectivity index is 1.20. The summed E-state index contributed by atoms with van der Waals surface area (Å²) >= 11 is 0. The number of nitrogens with zero attached hydrogens (tertiary/aromatic N) is 4. The molecule has 34 heavy (non-hydrogen) atoms. The zero-order chi connectivity index (χ0) is 23.1. The van der Waals surface area contributed by atoms with E-state index in [2.05, 4.69) is 41.3 Å². The number of hydrogen-bond donors (Lipinski definition) is 0. The molecule has 3 aromatic carbocycles. The quantitative estimate of drug-likeness (QED) is 0.478. The van der Waals surface area contributed by atoms with Crippen LogP contribution < -0.4 is 0 Å². The van der Waals surface area contributed by atoms with Crippen LogP contribution in [0.25, 0.3) is 21.7 Å². The molecule has 0 radical (unpaired) electrons. The van der Waals surface area contributed by atoms with Gasteiger partial charge in [0.25, 0.3) is 0 Å². The van der Waals surface area contributed by atoms with Crippen LogP contribution in [-0.2, 0) is 22.7 Å². The number of carbonyl (C=O) groups is 2. The summed E-state index contributed by atoms with van der Waals surface area (Å²) in [4.78, 5) is 37.0. The number of benzene rings is 3. The van der Waals surface area contributed by atoms with Crippen molar-refractivity contribution in [3.05, 3.63) is 90.1 Å². The van der Waals surface area contributed by atoms with E-state index >= 15 is 0 Å². The van der Waals surface area contributed by atoms with E-state index in [9.17, 15) is 9.59 Å². The SMILES string of the molecule is O=C1C2CN(Cc3ccc4ccccc4n3)CCN2C(=O)CN1Cc1cccc2ccccc12. The molecule has 6 rings (SSSR count). The van der Waals surface area contributed by atoms with Crippen LogP contribution in [0.1, 0.15) is 11.3 Å². The predicted octanol–water partition coefficient (Wildman–Crippen LogP) is 3.44. The monoisotopic (exact) mass is 450 g/mol. The van der Waals surface area contributed by atoms with Crippen LogP contribution >= 0.6 is 0 Å². The molecule has 1 unspecified atom stereocenters. The largest absolute Gasteiger partial charge is 0.327 e. The third-order valence-electron chi connectivity index (χ3n) is 6.99. The zero-order valence-corrected chi connectivity index (χ0v) is 18.9. The number of aromatic nitrogens is 1. The van der Waals surface area contributed by atoms with E-state index in [1.165, 1.54) is 0 Å². The number of rotatable bonds is 4. The second kappa shape index (κ2) is 8.54. The molecule has 6 nitrogen and oxygen atoms in total. The topological polar surface area (TPSA) is 56.8 Å². The highest BCUT2D eigenvalue weighted by molar-refractivity contribution is 5.95. The van der Waals surface area contributed by atoms with Crippen LogP contribution in [0.3, 0.4) is 0 Å². The lowest BCUT2D eigenvalue weighted by Gasteiger charge is -2.46. The van der Waals surface area contributed by atoms with Gasteiger partial charge >= 0.3 is 0 Å². The Hall–Kier alpha value is -3.77.